The number of amides is 1. The predicted molar refractivity (Wildman–Crippen MR) is 60.0 cm³/mol. The van der Waals surface area contributed by atoms with Gasteiger partial charge in [-0.25, -0.2) is 4.98 Å². The van der Waals surface area contributed by atoms with E-state index >= 15 is 0 Å². The van der Waals surface area contributed by atoms with Gasteiger partial charge >= 0.3 is 5.97 Å². The summed E-state index contributed by atoms with van der Waals surface area (Å²) in [5.74, 6) is -1.06. The number of pyridine rings is 1. The van der Waals surface area contributed by atoms with Crippen LogP contribution in [0.25, 0.3) is 0 Å². The van der Waals surface area contributed by atoms with Gasteiger partial charge in [0, 0.05) is 0 Å². The highest BCUT2D eigenvalue weighted by Gasteiger charge is 2.08. The molecule has 0 aliphatic heterocycles. The molecule has 1 aromatic heterocycles. The van der Waals surface area contributed by atoms with Crippen molar-refractivity contribution < 1.29 is 19.4 Å². The van der Waals surface area contributed by atoms with E-state index in [9.17, 15) is 9.59 Å². The molecule has 0 radical (unpaired) electrons. The van der Waals surface area contributed by atoms with Crippen LogP contribution in [0.1, 0.15) is 24.3 Å². The van der Waals surface area contributed by atoms with Crippen molar-refractivity contribution >= 4 is 11.9 Å². The zero-order valence-corrected chi connectivity index (χ0v) is 9.64. The third kappa shape index (κ3) is 4.50. The van der Waals surface area contributed by atoms with E-state index in [1.165, 1.54) is 12.3 Å². The number of aliphatic carboxylic acids is 1. The number of nitrogens with one attached hydrogen (secondary N) is 1. The van der Waals surface area contributed by atoms with Crippen molar-refractivity contribution in [3.05, 3.63) is 24.0 Å². The van der Waals surface area contributed by atoms with Crippen molar-refractivity contribution in [3.8, 4) is 5.75 Å². The van der Waals surface area contributed by atoms with E-state index in [4.69, 9.17) is 9.84 Å². The Morgan fingerprint density at radius 2 is 2.18 bits per heavy atom. The molecule has 0 unspecified atom stereocenters. The number of aromatic nitrogens is 1. The van der Waals surface area contributed by atoms with Crippen LogP contribution in [0.4, 0.5) is 0 Å². The van der Waals surface area contributed by atoms with Crippen LogP contribution in [0.15, 0.2) is 18.3 Å². The maximum absolute atomic E-state index is 11.4. The zero-order chi connectivity index (χ0) is 12.8. The van der Waals surface area contributed by atoms with E-state index < -0.39 is 18.4 Å². The van der Waals surface area contributed by atoms with E-state index in [0.717, 1.165) is 0 Å². The summed E-state index contributed by atoms with van der Waals surface area (Å²) in [6.07, 6.45) is 1.46. The summed E-state index contributed by atoms with van der Waals surface area (Å²) in [5.41, 5.74) is 0.155. The summed E-state index contributed by atoms with van der Waals surface area (Å²) in [6.45, 7) is 3.34. The molecule has 0 fully saturated rings. The summed E-state index contributed by atoms with van der Waals surface area (Å²) in [5, 5.41) is 10.6. The highest BCUT2D eigenvalue weighted by Crippen LogP contribution is 2.10. The third-order valence-electron chi connectivity index (χ3n) is 1.74. The van der Waals surface area contributed by atoms with Gasteiger partial charge in [0.2, 0.25) is 0 Å². The summed E-state index contributed by atoms with van der Waals surface area (Å²) in [4.78, 5) is 25.5. The quantitative estimate of drug-likeness (QED) is 0.787. The van der Waals surface area contributed by atoms with Gasteiger partial charge in [0.05, 0.1) is 12.3 Å². The maximum atomic E-state index is 11.4. The summed E-state index contributed by atoms with van der Waals surface area (Å²) >= 11 is 0. The molecule has 6 heteroatoms. The van der Waals surface area contributed by atoms with Crippen molar-refractivity contribution in [2.45, 2.75) is 20.0 Å². The van der Waals surface area contributed by atoms with Gasteiger partial charge in [0.15, 0.2) is 0 Å². The van der Waals surface area contributed by atoms with Gasteiger partial charge in [-0.15, -0.1) is 0 Å². The fourth-order valence-corrected chi connectivity index (χ4v) is 1.10. The fraction of sp³-hybridized carbons (Fsp3) is 0.364. The first-order valence-corrected chi connectivity index (χ1v) is 5.11. The van der Waals surface area contributed by atoms with Crippen molar-refractivity contribution in [1.29, 1.82) is 0 Å². The highest BCUT2D eigenvalue weighted by atomic mass is 16.5. The predicted octanol–water partition coefficient (Wildman–Crippen LogP) is 0.683. The Balaban J connectivity index is 2.60. The Morgan fingerprint density at radius 3 is 2.65 bits per heavy atom. The van der Waals surface area contributed by atoms with Crippen LogP contribution in [0.5, 0.6) is 5.75 Å². The number of carboxylic acid groups (broad SMARTS) is 1. The molecule has 0 atom stereocenters. The molecular weight excluding hydrogens is 224 g/mol. The SMILES string of the molecule is CC(C)Oc1ccc(C(=O)NCC(=O)O)nc1. The van der Waals surface area contributed by atoms with Gasteiger partial charge in [-0.05, 0) is 26.0 Å². The molecule has 0 saturated carbocycles. The van der Waals surface area contributed by atoms with Gasteiger partial charge in [-0.1, -0.05) is 0 Å². The van der Waals surface area contributed by atoms with Crippen LogP contribution in [0, 0.1) is 0 Å². The smallest absolute Gasteiger partial charge is 0.322 e. The molecule has 1 heterocycles. The average molecular weight is 238 g/mol. The first-order chi connectivity index (χ1) is 7.99. The molecule has 1 amide bonds. The number of carboxylic acids is 1. The lowest BCUT2D eigenvalue weighted by Gasteiger charge is -2.09. The topological polar surface area (TPSA) is 88.5 Å². The van der Waals surface area contributed by atoms with E-state index in [1.54, 1.807) is 6.07 Å². The second-order valence-electron chi connectivity index (χ2n) is 3.62. The van der Waals surface area contributed by atoms with Crippen LogP contribution in [0.2, 0.25) is 0 Å². The minimum absolute atomic E-state index is 0.0310. The van der Waals surface area contributed by atoms with Crippen molar-refractivity contribution in [1.82, 2.24) is 10.3 Å². The summed E-state index contributed by atoms with van der Waals surface area (Å²) in [6, 6.07) is 3.09. The number of ether oxygens (including phenoxy) is 1. The molecule has 0 spiro atoms. The number of hydrogen-bond donors (Lipinski definition) is 2. The number of hydrogen-bond acceptors (Lipinski definition) is 4. The maximum Gasteiger partial charge on any atom is 0.322 e. The van der Waals surface area contributed by atoms with Gasteiger partial charge in [-0.3, -0.25) is 9.59 Å². The van der Waals surface area contributed by atoms with Crippen LogP contribution < -0.4 is 10.1 Å². The second kappa shape index (κ2) is 5.83. The number of nitrogens with zero attached hydrogens (tertiary/aromatic N) is 1. The zero-order valence-electron chi connectivity index (χ0n) is 9.64. The Morgan fingerprint density at radius 1 is 1.47 bits per heavy atom. The van der Waals surface area contributed by atoms with Crippen molar-refractivity contribution in [2.24, 2.45) is 0 Å². The highest BCUT2D eigenvalue weighted by molar-refractivity contribution is 5.94. The Bertz CT molecular complexity index is 400. The second-order valence-corrected chi connectivity index (χ2v) is 3.62. The van der Waals surface area contributed by atoms with Crippen molar-refractivity contribution in [2.75, 3.05) is 6.54 Å². The van der Waals surface area contributed by atoms with E-state index in [2.05, 4.69) is 10.3 Å². The molecule has 17 heavy (non-hydrogen) atoms. The molecule has 6 nitrogen and oxygen atoms in total. The first-order valence-electron chi connectivity index (χ1n) is 5.11. The van der Waals surface area contributed by atoms with Crippen LogP contribution in [-0.4, -0.2) is 34.6 Å². The Labute approximate surface area is 98.6 Å². The third-order valence-corrected chi connectivity index (χ3v) is 1.74. The molecule has 1 rings (SSSR count). The molecule has 0 aliphatic rings. The number of carbonyl (C=O) groups excluding carboxylic acids is 1. The average Bonchev–Trinajstić information content (AvgIpc) is 2.26. The van der Waals surface area contributed by atoms with Gasteiger partial charge in [0.1, 0.15) is 18.0 Å². The molecule has 1 aromatic rings. The monoisotopic (exact) mass is 238 g/mol. The Kier molecular flexibility index (Phi) is 4.45. The van der Waals surface area contributed by atoms with E-state index in [-0.39, 0.29) is 11.8 Å². The number of rotatable bonds is 5. The van der Waals surface area contributed by atoms with Crippen LogP contribution in [-0.2, 0) is 4.79 Å². The molecule has 2 N–H and O–H groups in total. The lowest BCUT2D eigenvalue weighted by molar-refractivity contribution is -0.135. The lowest BCUT2D eigenvalue weighted by Crippen LogP contribution is -2.29. The van der Waals surface area contributed by atoms with E-state index in [0.29, 0.717) is 5.75 Å². The van der Waals surface area contributed by atoms with Gasteiger partial charge in [0.25, 0.3) is 5.91 Å². The Hall–Kier alpha value is -2.11. The lowest BCUT2D eigenvalue weighted by atomic mass is 10.3. The summed E-state index contributed by atoms with van der Waals surface area (Å²) in [7, 11) is 0. The standard InChI is InChI=1S/C11H14N2O4/c1-7(2)17-8-3-4-9(12-5-8)11(16)13-6-10(14)15/h3-5,7H,6H2,1-2H3,(H,13,16)(H,14,15). The molecule has 0 bridgehead atoms. The van der Waals surface area contributed by atoms with Gasteiger partial charge in [-0.2, -0.15) is 0 Å². The van der Waals surface area contributed by atoms with Gasteiger partial charge < -0.3 is 15.2 Å². The first kappa shape index (κ1) is 13.0. The molecule has 0 saturated heterocycles. The molecule has 0 aromatic carbocycles. The molecular formula is C11H14N2O4. The van der Waals surface area contributed by atoms with Crippen molar-refractivity contribution in [3.63, 3.8) is 0 Å². The van der Waals surface area contributed by atoms with E-state index in [1.807, 2.05) is 13.8 Å². The molecule has 0 aliphatic carbocycles. The largest absolute Gasteiger partial charge is 0.489 e. The minimum atomic E-state index is -1.10. The normalized spacial score (nSPS) is 10.1. The fourth-order valence-electron chi connectivity index (χ4n) is 1.10. The number of carbonyl (C=O) groups is 2. The van der Waals surface area contributed by atoms with Crippen LogP contribution >= 0.6 is 0 Å². The summed E-state index contributed by atoms with van der Waals surface area (Å²) < 4.78 is 5.36. The molecule has 92 valence electrons. The minimum Gasteiger partial charge on any atom is -0.489 e. The van der Waals surface area contributed by atoms with Crippen LogP contribution in [0.3, 0.4) is 0 Å².